The zero-order valence-electron chi connectivity index (χ0n) is 17.3. The van der Waals surface area contributed by atoms with Crippen molar-refractivity contribution in [2.75, 3.05) is 5.75 Å². The van der Waals surface area contributed by atoms with E-state index in [0.29, 0.717) is 28.4 Å². The normalized spacial score (nSPS) is 25.3. The van der Waals surface area contributed by atoms with Gasteiger partial charge in [0.1, 0.15) is 5.39 Å². The number of rotatable bonds is 2. The minimum absolute atomic E-state index is 0.0851. The van der Waals surface area contributed by atoms with Gasteiger partial charge in [-0.1, -0.05) is 11.8 Å². The van der Waals surface area contributed by atoms with E-state index in [1.807, 2.05) is 25.7 Å². The Balaban J connectivity index is 1.66. The Morgan fingerprint density at radius 2 is 1.93 bits per heavy atom. The lowest BCUT2D eigenvalue weighted by molar-refractivity contribution is -0.138. The van der Waals surface area contributed by atoms with Gasteiger partial charge >= 0.3 is 0 Å². The summed E-state index contributed by atoms with van der Waals surface area (Å²) in [5, 5.41) is 5.63. The maximum absolute atomic E-state index is 13.2. The molecule has 0 radical (unpaired) electrons. The van der Waals surface area contributed by atoms with Crippen molar-refractivity contribution in [3.8, 4) is 0 Å². The molecule has 0 N–H and O–H groups in total. The van der Waals surface area contributed by atoms with Gasteiger partial charge in [0.25, 0.3) is 5.56 Å². The van der Waals surface area contributed by atoms with Crippen LogP contribution in [0, 0.1) is 0 Å². The van der Waals surface area contributed by atoms with Gasteiger partial charge in [-0.3, -0.25) is 14.2 Å². The third-order valence-corrected chi connectivity index (χ3v) is 7.00. The molecule has 8 heteroatoms. The highest BCUT2D eigenvalue weighted by molar-refractivity contribution is 7.99. The van der Waals surface area contributed by atoms with E-state index >= 15 is 0 Å². The van der Waals surface area contributed by atoms with E-state index < -0.39 is 0 Å². The number of fused-ring (bicyclic) bond motifs is 2. The van der Waals surface area contributed by atoms with Crippen LogP contribution in [0.5, 0.6) is 0 Å². The standard InChI is InChI=1S/C20H29N5O2S/c1-12-7-6-8-13(2)23(12)16(26)9-14-11-28-19-22-17-15(18(27)24(14)19)10-21-25(17)20(3,4)5/h10,12-14H,6-9,11H2,1-5H3. The smallest absolute Gasteiger partial charge is 0.265 e. The summed E-state index contributed by atoms with van der Waals surface area (Å²) in [5.74, 6) is 0.857. The monoisotopic (exact) mass is 403 g/mol. The summed E-state index contributed by atoms with van der Waals surface area (Å²) in [7, 11) is 0. The molecule has 3 atom stereocenters. The highest BCUT2D eigenvalue weighted by atomic mass is 32.2. The van der Waals surface area contributed by atoms with Gasteiger partial charge in [0.2, 0.25) is 5.91 Å². The molecule has 0 bridgehead atoms. The Kier molecular flexibility index (Phi) is 4.80. The molecular formula is C20H29N5O2S. The van der Waals surface area contributed by atoms with Gasteiger partial charge < -0.3 is 4.90 Å². The maximum Gasteiger partial charge on any atom is 0.265 e. The van der Waals surface area contributed by atoms with Crippen molar-refractivity contribution in [3.63, 3.8) is 0 Å². The number of hydrogen-bond acceptors (Lipinski definition) is 5. The van der Waals surface area contributed by atoms with Gasteiger partial charge in [0, 0.05) is 24.3 Å². The average Bonchev–Trinajstić information content (AvgIpc) is 3.19. The summed E-state index contributed by atoms with van der Waals surface area (Å²) in [4.78, 5) is 33.0. The van der Waals surface area contributed by atoms with E-state index in [0.717, 1.165) is 12.8 Å². The third-order valence-electron chi connectivity index (χ3n) is 5.90. The first kappa shape index (κ1) is 19.5. The van der Waals surface area contributed by atoms with Crippen molar-refractivity contribution in [1.82, 2.24) is 24.2 Å². The number of hydrogen-bond donors (Lipinski definition) is 0. The Labute approximate surface area is 169 Å². The van der Waals surface area contributed by atoms with Crippen LogP contribution in [0.15, 0.2) is 16.1 Å². The van der Waals surface area contributed by atoms with E-state index in [2.05, 4.69) is 18.9 Å². The van der Waals surface area contributed by atoms with Crippen LogP contribution in [0.3, 0.4) is 0 Å². The van der Waals surface area contributed by atoms with Crippen LogP contribution in [0.2, 0.25) is 0 Å². The Morgan fingerprint density at radius 3 is 2.57 bits per heavy atom. The molecule has 1 saturated heterocycles. The van der Waals surface area contributed by atoms with Crippen molar-refractivity contribution < 1.29 is 4.79 Å². The molecule has 1 fully saturated rings. The lowest BCUT2D eigenvalue weighted by atomic mass is 9.96. The molecule has 152 valence electrons. The summed E-state index contributed by atoms with van der Waals surface area (Å²) in [6, 6.07) is 0.399. The molecule has 0 aliphatic carbocycles. The zero-order valence-corrected chi connectivity index (χ0v) is 18.1. The molecule has 2 aromatic heterocycles. The van der Waals surface area contributed by atoms with Crippen molar-refractivity contribution in [2.45, 2.75) is 89.1 Å². The van der Waals surface area contributed by atoms with Crippen LogP contribution in [0.25, 0.3) is 11.0 Å². The second-order valence-corrected chi connectivity index (χ2v) is 10.1. The number of amides is 1. The number of aromatic nitrogens is 4. The molecule has 7 nitrogen and oxygen atoms in total. The number of piperidine rings is 1. The molecule has 0 aromatic carbocycles. The number of carbonyl (C=O) groups is 1. The summed E-state index contributed by atoms with van der Waals surface area (Å²) in [6.07, 6.45) is 5.25. The number of carbonyl (C=O) groups excluding carboxylic acids is 1. The molecule has 2 aliphatic rings. The van der Waals surface area contributed by atoms with Crippen molar-refractivity contribution in [2.24, 2.45) is 0 Å². The topological polar surface area (TPSA) is 73.0 Å². The fourth-order valence-corrected chi connectivity index (χ4v) is 5.62. The van der Waals surface area contributed by atoms with Gasteiger partial charge in [-0.25, -0.2) is 9.67 Å². The van der Waals surface area contributed by atoms with Gasteiger partial charge in [0.05, 0.1) is 17.8 Å². The summed E-state index contributed by atoms with van der Waals surface area (Å²) >= 11 is 1.56. The van der Waals surface area contributed by atoms with E-state index in [9.17, 15) is 9.59 Å². The fraction of sp³-hybridized carbons (Fsp3) is 0.700. The van der Waals surface area contributed by atoms with Crippen LogP contribution in [0.4, 0.5) is 0 Å². The van der Waals surface area contributed by atoms with Gasteiger partial charge in [-0.05, 0) is 53.9 Å². The largest absolute Gasteiger partial charge is 0.337 e. The zero-order chi connectivity index (χ0) is 20.2. The SMILES string of the molecule is CC1CCCC(C)N1C(=O)CC1CSc2nc3c(cnn3C(C)(C)C)c(=O)n21. The molecule has 28 heavy (non-hydrogen) atoms. The molecule has 2 aliphatic heterocycles. The average molecular weight is 404 g/mol. The molecule has 1 amide bonds. The lowest BCUT2D eigenvalue weighted by Gasteiger charge is -2.39. The molecule has 0 saturated carbocycles. The Bertz CT molecular complexity index is 963. The van der Waals surface area contributed by atoms with E-state index in [-0.39, 0.29) is 35.1 Å². The van der Waals surface area contributed by atoms with Gasteiger partial charge in [-0.2, -0.15) is 5.10 Å². The first-order valence-electron chi connectivity index (χ1n) is 10.1. The van der Waals surface area contributed by atoms with Gasteiger partial charge in [-0.15, -0.1) is 0 Å². The van der Waals surface area contributed by atoms with Gasteiger partial charge in [0.15, 0.2) is 10.8 Å². The van der Waals surface area contributed by atoms with E-state index in [1.165, 1.54) is 6.42 Å². The van der Waals surface area contributed by atoms with Crippen LogP contribution in [-0.2, 0) is 10.3 Å². The molecule has 2 aromatic rings. The Hall–Kier alpha value is -1.83. The molecule has 4 heterocycles. The summed E-state index contributed by atoms with van der Waals surface area (Å²) < 4.78 is 3.53. The highest BCUT2D eigenvalue weighted by Crippen LogP contribution is 2.35. The number of thioether (sulfide) groups is 1. The van der Waals surface area contributed by atoms with Crippen molar-refractivity contribution in [3.05, 3.63) is 16.6 Å². The van der Waals surface area contributed by atoms with Crippen LogP contribution < -0.4 is 5.56 Å². The lowest BCUT2D eigenvalue weighted by Crippen LogP contribution is -2.48. The van der Waals surface area contributed by atoms with Crippen molar-refractivity contribution in [1.29, 1.82) is 0 Å². The third kappa shape index (κ3) is 3.15. The first-order chi connectivity index (χ1) is 13.2. The maximum atomic E-state index is 13.2. The minimum atomic E-state index is -0.251. The van der Waals surface area contributed by atoms with Crippen molar-refractivity contribution >= 4 is 28.7 Å². The quantitative estimate of drug-likeness (QED) is 0.720. The number of likely N-dealkylation sites (tertiary alicyclic amines) is 1. The second-order valence-electron chi connectivity index (χ2n) is 9.13. The summed E-state index contributed by atoms with van der Waals surface area (Å²) in [5.41, 5.74) is 0.291. The summed E-state index contributed by atoms with van der Waals surface area (Å²) in [6.45, 7) is 10.4. The predicted molar refractivity (Wildman–Crippen MR) is 111 cm³/mol. The van der Waals surface area contributed by atoms with E-state index in [1.54, 1.807) is 27.2 Å². The highest BCUT2D eigenvalue weighted by Gasteiger charge is 2.34. The minimum Gasteiger partial charge on any atom is -0.337 e. The van der Waals surface area contributed by atoms with E-state index in [4.69, 9.17) is 4.98 Å². The first-order valence-corrected chi connectivity index (χ1v) is 11.1. The number of nitrogens with zero attached hydrogens (tertiary/aromatic N) is 5. The molecule has 0 spiro atoms. The molecular weight excluding hydrogens is 374 g/mol. The Morgan fingerprint density at radius 1 is 1.25 bits per heavy atom. The predicted octanol–water partition coefficient (Wildman–Crippen LogP) is 3.17. The van der Waals surface area contributed by atoms with Crippen LogP contribution in [0.1, 0.15) is 66.3 Å². The van der Waals surface area contributed by atoms with Crippen LogP contribution >= 0.6 is 11.8 Å². The molecule has 4 rings (SSSR count). The van der Waals surface area contributed by atoms with Crippen LogP contribution in [-0.4, -0.2) is 48.0 Å². The second kappa shape index (κ2) is 6.90. The molecule has 3 unspecified atom stereocenters. The fourth-order valence-electron chi connectivity index (χ4n) is 4.49.